The minimum absolute atomic E-state index is 0.0253. The van der Waals surface area contributed by atoms with Crippen molar-refractivity contribution in [1.29, 1.82) is 0 Å². The van der Waals surface area contributed by atoms with Crippen LogP contribution in [0.25, 0.3) is 0 Å². The van der Waals surface area contributed by atoms with Crippen molar-refractivity contribution in [3.05, 3.63) is 72.9 Å². The second-order valence-electron chi connectivity index (χ2n) is 7.28. The fraction of sp³-hybridized carbons (Fsp3) is 0.435. The van der Waals surface area contributed by atoms with E-state index in [2.05, 4.69) is 18.5 Å². The van der Waals surface area contributed by atoms with Crippen LogP contribution < -0.4 is 5.32 Å². The normalized spacial score (nSPS) is 24.5. The summed E-state index contributed by atoms with van der Waals surface area (Å²) in [5.74, 6) is -0.323. The van der Waals surface area contributed by atoms with Crippen molar-refractivity contribution >= 4 is 5.97 Å². The number of esters is 1. The molecule has 146 valence electrons. The van der Waals surface area contributed by atoms with Gasteiger partial charge < -0.3 is 15.2 Å². The molecule has 27 heavy (non-hydrogen) atoms. The predicted molar refractivity (Wildman–Crippen MR) is 109 cm³/mol. The zero-order valence-electron chi connectivity index (χ0n) is 16.4. The van der Waals surface area contributed by atoms with E-state index in [-0.39, 0.29) is 24.7 Å². The Morgan fingerprint density at radius 3 is 2.74 bits per heavy atom. The van der Waals surface area contributed by atoms with Crippen molar-refractivity contribution in [2.45, 2.75) is 57.9 Å². The first-order chi connectivity index (χ1) is 12.9. The summed E-state index contributed by atoms with van der Waals surface area (Å²) in [5, 5.41) is 13.9. The molecule has 1 aliphatic rings. The molecule has 2 N–H and O–H groups in total. The fourth-order valence-corrected chi connectivity index (χ4v) is 3.68. The van der Waals surface area contributed by atoms with E-state index in [1.807, 2.05) is 49.4 Å². The summed E-state index contributed by atoms with van der Waals surface area (Å²) >= 11 is 0. The van der Waals surface area contributed by atoms with E-state index in [9.17, 15) is 9.90 Å². The van der Waals surface area contributed by atoms with Gasteiger partial charge >= 0.3 is 5.97 Å². The molecule has 2 rings (SSSR count). The second kappa shape index (κ2) is 9.67. The van der Waals surface area contributed by atoms with Gasteiger partial charge in [-0.2, -0.15) is 0 Å². The number of hydrogen-bond acceptors (Lipinski definition) is 4. The Morgan fingerprint density at radius 2 is 2.15 bits per heavy atom. The average molecular weight is 370 g/mol. The molecular formula is C23H31NO3. The van der Waals surface area contributed by atoms with Crippen molar-refractivity contribution in [3.63, 3.8) is 0 Å². The summed E-state index contributed by atoms with van der Waals surface area (Å²) < 4.78 is 5.57. The number of carbonyl (C=O) groups excluding carboxylic acids is 1. The van der Waals surface area contributed by atoms with Crippen LogP contribution >= 0.6 is 0 Å². The van der Waals surface area contributed by atoms with Gasteiger partial charge in [-0.05, 0) is 44.2 Å². The molecule has 4 heteroatoms. The van der Waals surface area contributed by atoms with Crippen LogP contribution in [0.3, 0.4) is 0 Å². The lowest BCUT2D eigenvalue weighted by Gasteiger charge is -2.30. The van der Waals surface area contributed by atoms with Gasteiger partial charge in [0.2, 0.25) is 0 Å². The molecule has 0 heterocycles. The zero-order valence-corrected chi connectivity index (χ0v) is 16.4. The quantitative estimate of drug-likeness (QED) is 0.393. The van der Waals surface area contributed by atoms with Crippen molar-refractivity contribution in [2.24, 2.45) is 5.41 Å². The summed E-state index contributed by atoms with van der Waals surface area (Å²) in [6, 6.07) is 9.67. The summed E-state index contributed by atoms with van der Waals surface area (Å²) in [6.45, 7) is 11.7. The number of rotatable bonds is 9. The molecule has 1 saturated carbocycles. The van der Waals surface area contributed by atoms with Crippen LogP contribution in [-0.2, 0) is 16.1 Å². The van der Waals surface area contributed by atoms with Crippen molar-refractivity contribution in [3.8, 4) is 0 Å². The summed E-state index contributed by atoms with van der Waals surface area (Å²) in [6.07, 6.45) is 6.90. The minimum atomic E-state index is -0.873. The van der Waals surface area contributed by atoms with E-state index in [0.717, 1.165) is 17.6 Å². The number of allylic oxidation sites excluding steroid dienone is 1. The zero-order chi connectivity index (χ0) is 19.9. The van der Waals surface area contributed by atoms with Gasteiger partial charge in [0, 0.05) is 6.04 Å². The van der Waals surface area contributed by atoms with E-state index in [1.54, 1.807) is 13.0 Å². The Labute approximate surface area is 162 Å². The van der Waals surface area contributed by atoms with Gasteiger partial charge in [0.1, 0.15) is 6.61 Å². The van der Waals surface area contributed by atoms with E-state index < -0.39 is 11.5 Å². The SMILES string of the molecule is C=CC(=C)C(/C=C/C)NC1CCC(C(=O)OCc2ccccc2)(C(C)O)C1. The van der Waals surface area contributed by atoms with Crippen LogP contribution in [-0.4, -0.2) is 29.3 Å². The molecule has 4 nitrogen and oxygen atoms in total. The summed E-state index contributed by atoms with van der Waals surface area (Å²) in [4.78, 5) is 12.9. The van der Waals surface area contributed by atoms with E-state index in [1.165, 1.54) is 0 Å². The molecular weight excluding hydrogens is 338 g/mol. The van der Waals surface area contributed by atoms with Gasteiger partial charge in [-0.3, -0.25) is 4.79 Å². The largest absolute Gasteiger partial charge is 0.460 e. The Hall–Kier alpha value is -2.17. The van der Waals surface area contributed by atoms with E-state index in [4.69, 9.17) is 4.74 Å². The highest BCUT2D eigenvalue weighted by Crippen LogP contribution is 2.43. The first-order valence-corrected chi connectivity index (χ1v) is 9.52. The highest BCUT2D eigenvalue weighted by molar-refractivity contribution is 5.78. The Kier molecular flexibility index (Phi) is 7.57. The summed E-state index contributed by atoms with van der Waals surface area (Å²) in [7, 11) is 0. The fourth-order valence-electron chi connectivity index (χ4n) is 3.68. The monoisotopic (exact) mass is 369 g/mol. The molecule has 0 radical (unpaired) electrons. The third-order valence-corrected chi connectivity index (χ3v) is 5.43. The lowest BCUT2D eigenvalue weighted by Crippen LogP contribution is -2.43. The summed E-state index contributed by atoms with van der Waals surface area (Å²) in [5.41, 5.74) is 0.951. The maximum Gasteiger partial charge on any atom is 0.315 e. The van der Waals surface area contributed by atoms with Crippen LogP contribution in [0, 0.1) is 5.41 Å². The van der Waals surface area contributed by atoms with Crippen molar-refractivity contribution in [2.75, 3.05) is 0 Å². The maximum atomic E-state index is 12.9. The standard InChI is InChI=1S/C23H31NO3/c1-5-10-21(17(3)6-2)24-20-13-14-23(15-20,18(4)25)22(26)27-16-19-11-8-7-9-12-19/h5-12,18,20-21,24-25H,2-3,13-16H2,1,4H3/b10-5+. The molecule has 4 atom stereocenters. The van der Waals surface area contributed by atoms with Gasteiger partial charge in [-0.25, -0.2) is 0 Å². The van der Waals surface area contributed by atoms with Crippen molar-refractivity contribution in [1.82, 2.24) is 5.32 Å². The first-order valence-electron chi connectivity index (χ1n) is 9.52. The highest BCUT2D eigenvalue weighted by Gasteiger charge is 2.50. The molecule has 0 aliphatic heterocycles. The number of benzene rings is 1. The Bertz CT molecular complexity index is 680. The maximum absolute atomic E-state index is 12.9. The predicted octanol–water partition coefficient (Wildman–Crippen LogP) is 3.93. The highest BCUT2D eigenvalue weighted by atomic mass is 16.5. The number of ether oxygens (including phenoxy) is 1. The molecule has 1 aliphatic carbocycles. The number of nitrogens with one attached hydrogen (secondary N) is 1. The molecule has 0 aromatic heterocycles. The number of aliphatic hydroxyl groups excluding tert-OH is 1. The molecule has 0 spiro atoms. The smallest absolute Gasteiger partial charge is 0.315 e. The first kappa shape index (κ1) is 21.1. The van der Waals surface area contributed by atoms with Crippen LogP contribution in [0.4, 0.5) is 0 Å². The number of hydrogen-bond donors (Lipinski definition) is 2. The third kappa shape index (κ3) is 5.18. The Balaban J connectivity index is 2.05. The molecule has 1 aromatic rings. The molecule has 1 fully saturated rings. The second-order valence-corrected chi connectivity index (χ2v) is 7.28. The molecule has 1 aromatic carbocycles. The average Bonchev–Trinajstić information content (AvgIpc) is 3.11. The number of aliphatic hydroxyl groups is 1. The Morgan fingerprint density at radius 1 is 1.44 bits per heavy atom. The number of carbonyl (C=O) groups is 1. The molecule has 0 amide bonds. The topological polar surface area (TPSA) is 58.6 Å². The van der Waals surface area contributed by atoms with Gasteiger partial charge in [0.05, 0.1) is 17.6 Å². The van der Waals surface area contributed by atoms with Crippen molar-refractivity contribution < 1.29 is 14.6 Å². The van der Waals surface area contributed by atoms with Gasteiger partial charge in [-0.1, -0.05) is 61.7 Å². The lowest BCUT2D eigenvalue weighted by atomic mass is 9.80. The van der Waals surface area contributed by atoms with E-state index in [0.29, 0.717) is 12.8 Å². The van der Waals surface area contributed by atoms with Gasteiger partial charge in [0.15, 0.2) is 0 Å². The molecule has 4 unspecified atom stereocenters. The van der Waals surface area contributed by atoms with E-state index >= 15 is 0 Å². The molecule has 0 saturated heterocycles. The van der Waals surface area contributed by atoms with Gasteiger partial charge in [0.25, 0.3) is 0 Å². The van der Waals surface area contributed by atoms with Gasteiger partial charge in [-0.15, -0.1) is 0 Å². The van der Waals surface area contributed by atoms with Crippen LogP contribution in [0.1, 0.15) is 38.7 Å². The lowest BCUT2D eigenvalue weighted by molar-refractivity contribution is -0.164. The molecule has 0 bridgehead atoms. The van der Waals surface area contributed by atoms with Crippen LogP contribution in [0.5, 0.6) is 0 Å². The van der Waals surface area contributed by atoms with Crippen LogP contribution in [0.2, 0.25) is 0 Å². The third-order valence-electron chi connectivity index (χ3n) is 5.43. The van der Waals surface area contributed by atoms with Crippen LogP contribution in [0.15, 0.2) is 67.3 Å². The minimum Gasteiger partial charge on any atom is -0.460 e.